The van der Waals surface area contributed by atoms with Gasteiger partial charge in [0.1, 0.15) is 0 Å². The van der Waals surface area contributed by atoms with Crippen LogP contribution in [0.1, 0.15) is 11.1 Å². The van der Waals surface area contributed by atoms with E-state index in [2.05, 4.69) is 0 Å². The van der Waals surface area contributed by atoms with Crippen LogP contribution in [0.25, 0.3) is 0 Å². The van der Waals surface area contributed by atoms with Crippen LogP contribution in [0.2, 0.25) is 0 Å². The van der Waals surface area contributed by atoms with Crippen LogP contribution in [0.5, 0.6) is 0 Å². The third-order valence-corrected chi connectivity index (χ3v) is 3.60. The molecule has 0 aliphatic heterocycles. The summed E-state index contributed by atoms with van der Waals surface area (Å²) in [5.74, 6) is 0. The van der Waals surface area contributed by atoms with E-state index in [9.17, 15) is 34.0 Å². The number of hydrogen-bond acceptors (Lipinski definition) is 2. The molecule has 0 amide bonds. The van der Waals surface area contributed by atoms with Crippen molar-refractivity contribution in [3.63, 3.8) is 0 Å². The molecule has 0 heterocycles. The summed E-state index contributed by atoms with van der Waals surface area (Å²) in [6.07, 6.45) is -10.3. The van der Waals surface area contributed by atoms with Gasteiger partial charge in [-0.1, -0.05) is 0 Å². The Bertz CT molecular complexity index is 525. The molecule has 10 heteroatoms. The van der Waals surface area contributed by atoms with Crippen molar-refractivity contribution in [2.45, 2.75) is 12.4 Å². The number of rotatable bonds is 1. The van der Waals surface area contributed by atoms with E-state index in [1.165, 1.54) is 0 Å². The molecule has 0 saturated heterocycles. The van der Waals surface area contributed by atoms with Crippen molar-refractivity contribution >= 4 is 17.5 Å². The van der Waals surface area contributed by atoms with Crippen LogP contribution in [0, 0.1) is 0 Å². The number of benzene rings is 1. The third kappa shape index (κ3) is 3.44. The third-order valence-electron chi connectivity index (χ3n) is 1.86. The molecule has 0 fully saturated rings. The first-order chi connectivity index (χ1) is 7.82. The van der Waals surface area contributed by atoms with Crippen molar-refractivity contribution < 1.29 is 38.2 Å². The van der Waals surface area contributed by atoms with Gasteiger partial charge >= 0.3 is 97.4 Å². The molecule has 0 aromatic heterocycles. The first kappa shape index (κ1) is 14.9. The second-order valence-electron chi connectivity index (χ2n) is 3.22. The van der Waals surface area contributed by atoms with Gasteiger partial charge in [-0.3, -0.25) is 0 Å². The first-order valence-corrected chi connectivity index (χ1v) is 7.11. The van der Waals surface area contributed by atoms with Crippen LogP contribution in [-0.2, 0) is 20.0 Å². The second-order valence-corrected chi connectivity index (χ2v) is 6.20. The Balaban J connectivity index is 3.60. The van der Waals surface area contributed by atoms with E-state index in [1.807, 2.05) is 0 Å². The van der Waals surface area contributed by atoms with Crippen molar-refractivity contribution in [3.8, 4) is 0 Å². The summed E-state index contributed by atoms with van der Waals surface area (Å²) >= 11 is -5.94. The molecule has 0 spiro atoms. The average molecular weight is 341 g/mol. The minimum absolute atomic E-state index is 0.0464. The molecule has 18 heavy (non-hydrogen) atoms. The summed E-state index contributed by atoms with van der Waals surface area (Å²) < 4.78 is 102. The van der Waals surface area contributed by atoms with Crippen LogP contribution in [0.15, 0.2) is 18.2 Å². The van der Waals surface area contributed by atoms with Crippen molar-refractivity contribution in [3.05, 3.63) is 29.3 Å². The predicted molar refractivity (Wildman–Crippen MR) is 45.4 cm³/mol. The van der Waals surface area contributed by atoms with Gasteiger partial charge < -0.3 is 0 Å². The molecule has 1 aromatic carbocycles. The van der Waals surface area contributed by atoms with Gasteiger partial charge in [0, 0.05) is 0 Å². The number of alkyl halides is 6. The Kier molecular flexibility index (Phi) is 3.50. The van der Waals surface area contributed by atoms with E-state index in [0.717, 1.165) is 0 Å². The summed E-state index contributed by atoms with van der Waals surface area (Å²) in [6.45, 7) is 0. The summed E-state index contributed by atoms with van der Waals surface area (Å²) in [5, 5.41) is 0. The zero-order valence-corrected chi connectivity index (χ0v) is 9.88. The molecular weight excluding hydrogens is 337 g/mol. The summed E-state index contributed by atoms with van der Waals surface area (Å²) in [7, 11) is 0. The summed E-state index contributed by atoms with van der Waals surface area (Å²) in [6, 6.07) is -0.323. The molecule has 102 valence electrons. The van der Waals surface area contributed by atoms with Gasteiger partial charge in [-0.05, 0) is 0 Å². The number of hydrogen-bond donors (Lipinski definition) is 1. The number of halogens is 6. The Labute approximate surface area is 98.0 Å². The monoisotopic (exact) mass is 342 g/mol. The SMILES string of the molecule is O=[Se](=O)(O)c1cc(C(F)(F)F)cc(C(F)(F)F)c1. The van der Waals surface area contributed by atoms with Gasteiger partial charge in [-0.2, -0.15) is 0 Å². The fraction of sp³-hybridized carbons (Fsp3) is 0.250. The van der Waals surface area contributed by atoms with Gasteiger partial charge in [0.2, 0.25) is 0 Å². The maximum absolute atomic E-state index is 12.3. The van der Waals surface area contributed by atoms with Crippen molar-refractivity contribution in [1.82, 2.24) is 0 Å². The van der Waals surface area contributed by atoms with Crippen molar-refractivity contribution in [1.29, 1.82) is 0 Å². The van der Waals surface area contributed by atoms with E-state index in [4.69, 9.17) is 4.19 Å². The first-order valence-electron chi connectivity index (χ1n) is 4.09. The molecule has 0 unspecified atom stereocenters. The van der Waals surface area contributed by atoms with Gasteiger partial charge in [0.05, 0.1) is 0 Å². The Hall–Kier alpha value is -1.12. The molecule has 3 nitrogen and oxygen atoms in total. The van der Waals surface area contributed by atoms with Crippen LogP contribution in [-0.4, -0.2) is 17.2 Å². The molecule has 0 aliphatic carbocycles. The normalized spacial score (nSPS) is 13.7. The zero-order chi connectivity index (χ0) is 14.4. The molecule has 0 bridgehead atoms. The Morgan fingerprint density at radius 3 is 1.39 bits per heavy atom. The molecule has 1 rings (SSSR count). The molecular formula is C8H4F6O3Se. The maximum atomic E-state index is 12.3. The van der Waals surface area contributed by atoms with Crippen LogP contribution in [0.4, 0.5) is 26.3 Å². The van der Waals surface area contributed by atoms with Gasteiger partial charge in [-0.15, -0.1) is 0 Å². The molecule has 0 radical (unpaired) electrons. The quantitative estimate of drug-likeness (QED) is 0.625. The molecule has 0 aliphatic rings. The molecule has 0 atom stereocenters. The molecule has 1 N–H and O–H groups in total. The van der Waals surface area contributed by atoms with E-state index in [-0.39, 0.29) is 18.2 Å². The predicted octanol–water partition coefficient (Wildman–Crippen LogP) is 1.72. The van der Waals surface area contributed by atoms with E-state index >= 15 is 0 Å². The average Bonchev–Trinajstić information content (AvgIpc) is 2.13. The standard InChI is InChI=1S/C8H4F6O3Se/c9-7(10,11)4-1-5(8(12,13)14)3-6(2-4)18(15,16)17/h1-3H,(H,15,16,17). The topological polar surface area (TPSA) is 54.4 Å². The van der Waals surface area contributed by atoms with Crippen LogP contribution < -0.4 is 4.46 Å². The minimum atomic E-state index is -5.94. The van der Waals surface area contributed by atoms with Gasteiger partial charge in [-0.25, -0.2) is 0 Å². The zero-order valence-electron chi connectivity index (χ0n) is 8.17. The fourth-order valence-corrected chi connectivity index (χ4v) is 2.23. The fourth-order valence-electron chi connectivity index (χ4n) is 1.08. The summed E-state index contributed by atoms with van der Waals surface area (Å²) in [5.41, 5.74) is -3.59. The van der Waals surface area contributed by atoms with Crippen LogP contribution in [0.3, 0.4) is 0 Å². The van der Waals surface area contributed by atoms with Gasteiger partial charge in [0.25, 0.3) is 0 Å². The molecule has 1 aromatic rings. The van der Waals surface area contributed by atoms with E-state index in [0.29, 0.717) is 0 Å². The summed E-state index contributed by atoms with van der Waals surface area (Å²) in [4.78, 5) is 0. The van der Waals surface area contributed by atoms with Crippen LogP contribution >= 0.6 is 0 Å². The molecule has 0 saturated carbocycles. The Morgan fingerprint density at radius 1 is 0.833 bits per heavy atom. The van der Waals surface area contributed by atoms with E-state index < -0.39 is 41.0 Å². The van der Waals surface area contributed by atoms with E-state index in [1.54, 1.807) is 0 Å². The second kappa shape index (κ2) is 4.22. The van der Waals surface area contributed by atoms with Gasteiger partial charge in [0.15, 0.2) is 0 Å². The van der Waals surface area contributed by atoms with Crippen molar-refractivity contribution in [2.24, 2.45) is 0 Å². The Morgan fingerprint density at radius 2 is 1.17 bits per heavy atom. The van der Waals surface area contributed by atoms with Crippen molar-refractivity contribution in [2.75, 3.05) is 0 Å².